The molecule has 0 aromatic heterocycles. The van der Waals surface area contributed by atoms with Crippen molar-refractivity contribution < 1.29 is 19.1 Å². The van der Waals surface area contributed by atoms with E-state index in [0.717, 1.165) is 0 Å². The Morgan fingerprint density at radius 2 is 1.92 bits per heavy atom. The summed E-state index contributed by atoms with van der Waals surface area (Å²) in [6.07, 6.45) is -0.735. The van der Waals surface area contributed by atoms with Gasteiger partial charge in [-0.3, -0.25) is 9.59 Å². The van der Waals surface area contributed by atoms with E-state index in [2.05, 4.69) is 5.10 Å². The third kappa shape index (κ3) is 3.45. The summed E-state index contributed by atoms with van der Waals surface area (Å²) in [6, 6.07) is 13.9. The van der Waals surface area contributed by atoms with Crippen molar-refractivity contribution in [3.8, 4) is 5.75 Å². The quantitative estimate of drug-likeness (QED) is 0.526. The zero-order valence-electron chi connectivity index (χ0n) is 13.8. The van der Waals surface area contributed by atoms with Gasteiger partial charge in [0.2, 0.25) is 18.0 Å². The van der Waals surface area contributed by atoms with Crippen LogP contribution in [0.4, 0.5) is 5.69 Å². The van der Waals surface area contributed by atoms with Gasteiger partial charge in [0, 0.05) is 25.1 Å². The SMILES string of the molecule is CC(=O)Oc1ccccc1C1=NN(C(C)=O)[C@H](c2cccc(N)c2)O1. The van der Waals surface area contributed by atoms with Gasteiger partial charge in [-0.1, -0.05) is 24.3 Å². The Labute approximate surface area is 144 Å². The fourth-order valence-corrected chi connectivity index (χ4v) is 2.49. The number of para-hydroxylation sites is 1. The monoisotopic (exact) mass is 339 g/mol. The number of anilines is 1. The Morgan fingerprint density at radius 1 is 1.16 bits per heavy atom. The van der Waals surface area contributed by atoms with Crippen molar-refractivity contribution in [2.24, 2.45) is 5.10 Å². The Kier molecular flexibility index (Phi) is 4.38. The first-order valence-corrected chi connectivity index (χ1v) is 7.64. The molecule has 1 aliphatic rings. The predicted octanol–water partition coefficient (Wildman–Crippen LogP) is 2.43. The fourth-order valence-electron chi connectivity index (χ4n) is 2.49. The molecule has 0 radical (unpaired) electrons. The molecule has 2 N–H and O–H groups in total. The van der Waals surface area contributed by atoms with E-state index in [1.165, 1.54) is 18.9 Å². The number of esters is 1. The number of hydrogen-bond donors (Lipinski definition) is 1. The zero-order chi connectivity index (χ0) is 18.0. The highest BCUT2D eigenvalue weighted by Crippen LogP contribution is 2.33. The van der Waals surface area contributed by atoms with Crippen LogP contribution in [0.2, 0.25) is 0 Å². The van der Waals surface area contributed by atoms with Crippen LogP contribution < -0.4 is 10.5 Å². The summed E-state index contributed by atoms with van der Waals surface area (Å²) in [7, 11) is 0. The van der Waals surface area contributed by atoms with E-state index in [0.29, 0.717) is 22.6 Å². The lowest BCUT2D eigenvalue weighted by atomic mass is 10.1. The number of rotatable bonds is 3. The summed E-state index contributed by atoms with van der Waals surface area (Å²) < 4.78 is 11.1. The van der Waals surface area contributed by atoms with Crippen LogP contribution in [0.5, 0.6) is 5.75 Å². The van der Waals surface area contributed by atoms with E-state index >= 15 is 0 Å². The molecule has 7 heteroatoms. The Bertz CT molecular complexity index is 863. The molecule has 1 atom stereocenters. The maximum Gasteiger partial charge on any atom is 0.308 e. The van der Waals surface area contributed by atoms with Crippen molar-refractivity contribution in [1.82, 2.24) is 5.01 Å². The number of benzene rings is 2. The Balaban J connectivity index is 1.98. The average Bonchev–Trinajstić information content (AvgIpc) is 3.00. The summed E-state index contributed by atoms with van der Waals surface area (Å²) in [5, 5.41) is 5.49. The van der Waals surface area contributed by atoms with Crippen molar-refractivity contribution >= 4 is 23.5 Å². The molecule has 7 nitrogen and oxygen atoms in total. The van der Waals surface area contributed by atoms with Crippen LogP contribution in [-0.2, 0) is 14.3 Å². The van der Waals surface area contributed by atoms with Crippen LogP contribution >= 0.6 is 0 Å². The third-order valence-electron chi connectivity index (χ3n) is 3.53. The normalized spacial score (nSPS) is 16.2. The average molecular weight is 339 g/mol. The van der Waals surface area contributed by atoms with E-state index in [1.54, 1.807) is 48.5 Å². The first-order chi connectivity index (χ1) is 12.0. The number of hydrazone groups is 1. The first-order valence-electron chi connectivity index (χ1n) is 7.64. The number of carbonyl (C=O) groups is 2. The Hall–Kier alpha value is -3.35. The summed E-state index contributed by atoms with van der Waals surface area (Å²) in [5.41, 5.74) is 7.55. The molecule has 3 rings (SSSR count). The lowest BCUT2D eigenvalue weighted by molar-refractivity contribution is -0.135. The zero-order valence-corrected chi connectivity index (χ0v) is 13.8. The highest BCUT2D eigenvalue weighted by atomic mass is 16.5. The molecule has 0 spiro atoms. The number of ether oxygens (including phenoxy) is 2. The second-order valence-corrected chi connectivity index (χ2v) is 5.50. The van der Waals surface area contributed by atoms with Gasteiger partial charge in [-0.15, -0.1) is 5.10 Å². The first kappa shape index (κ1) is 16.5. The van der Waals surface area contributed by atoms with Crippen LogP contribution in [0, 0.1) is 0 Å². The van der Waals surface area contributed by atoms with Crippen molar-refractivity contribution in [3.05, 3.63) is 59.7 Å². The number of carbonyl (C=O) groups excluding carboxylic acids is 2. The second-order valence-electron chi connectivity index (χ2n) is 5.50. The molecule has 25 heavy (non-hydrogen) atoms. The smallest absolute Gasteiger partial charge is 0.308 e. The van der Waals surface area contributed by atoms with Gasteiger partial charge in [0.05, 0.1) is 5.56 Å². The fraction of sp³-hybridized carbons (Fsp3) is 0.167. The largest absolute Gasteiger partial charge is 0.446 e. The second kappa shape index (κ2) is 6.64. The maximum absolute atomic E-state index is 12.0. The molecule has 0 aliphatic carbocycles. The molecule has 0 fully saturated rings. The van der Waals surface area contributed by atoms with Crippen LogP contribution in [0.25, 0.3) is 0 Å². The molecule has 0 saturated heterocycles. The van der Waals surface area contributed by atoms with E-state index < -0.39 is 12.2 Å². The van der Waals surface area contributed by atoms with Crippen molar-refractivity contribution in [2.75, 3.05) is 5.73 Å². The van der Waals surface area contributed by atoms with E-state index in [-0.39, 0.29) is 11.8 Å². The van der Waals surface area contributed by atoms with Gasteiger partial charge in [-0.2, -0.15) is 5.01 Å². The lowest BCUT2D eigenvalue weighted by Gasteiger charge is -2.19. The molecular weight excluding hydrogens is 322 g/mol. The summed E-state index contributed by atoms with van der Waals surface area (Å²) >= 11 is 0. The molecule has 2 aromatic carbocycles. The van der Waals surface area contributed by atoms with Crippen molar-refractivity contribution in [2.45, 2.75) is 20.1 Å². The molecule has 1 aliphatic heterocycles. The van der Waals surface area contributed by atoms with Gasteiger partial charge in [-0.25, -0.2) is 0 Å². The van der Waals surface area contributed by atoms with E-state index in [4.69, 9.17) is 15.2 Å². The highest BCUT2D eigenvalue weighted by Gasteiger charge is 2.34. The molecule has 1 heterocycles. The number of hydrogen-bond acceptors (Lipinski definition) is 6. The molecule has 1 amide bonds. The topological polar surface area (TPSA) is 94.2 Å². The van der Waals surface area contributed by atoms with Gasteiger partial charge >= 0.3 is 5.97 Å². The highest BCUT2D eigenvalue weighted by molar-refractivity contribution is 5.99. The number of nitrogen functional groups attached to an aromatic ring is 1. The Morgan fingerprint density at radius 3 is 2.60 bits per heavy atom. The minimum atomic E-state index is -0.735. The van der Waals surface area contributed by atoms with Crippen LogP contribution in [0.1, 0.15) is 31.2 Å². The van der Waals surface area contributed by atoms with Gasteiger partial charge < -0.3 is 15.2 Å². The van der Waals surface area contributed by atoms with Crippen LogP contribution in [0.3, 0.4) is 0 Å². The summed E-state index contributed by atoms with van der Waals surface area (Å²) in [6.45, 7) is 2.71. The number of amides is 1. The molecule has 0 unspecified atom stereocenters. The molecule has 128 valence electrons. The van der Waals surface area contributed by atoms with Crippen LogP contribution in [-0.4, -0.2) is 22.8 Å². The number of nitrogens with zero attached hydrogens (tertiary/aromatic N) is 2. The lowest BCUT2D eigenvalue weighted by Crippen LogP contribution is -2.25. The van der Waals surface area contributed by atoms with Crippen molar-refractivity contribution in [3.63, 3.8) is 0 Å². The van der Waals surface area contributed by atoms with E-state index in [1.807, 2.05) is 0 Å². The molecule has 2 aromatic rings. The molecular formula is C18H17N3O4. The molecule has 0 saturated carbocycles. The van der Waals surface area contributed by atoms with Crippen LogP contribution in [0.15, 0.2) is 53.6 Å². The van der Waals surface area contributed by atoms with Gasteiger partial charge in [-0.05, 0) is 24.3 Å². The summed E-state index contributed by atoms with van der Waals surface area (Å²) in [4.78, 5) is 23.3. The van der Waals surface area contributed by atoms with Crippen molar-refractivity contribution in [1.29, 1.82) is 0 Å². The van der Waals surface area contributed by atoms with Gasteiger partial charge in [0.15, 0.2) is 0 Å². The minimum Gasteiger partial charge on any atom is -0.446 e. The minimum absolute atomic E-state index is 0.194. The maximum atomic E-state index is 12.0. The summed E-state index contributed by atoms with van der Waals surface area (Å²) in [5.74, 6) is -0.237. The number of nitrogens with two attached hydrogens (primary N) is 1. The van der Waals surface area contributed by atoms with E-state index in [9.17, 15) is 9.59 Å². The predicted molar refractivity (Wildman–Crippen MR) is 91.5 cm³/mol. The van der Waals surface area contributed by atoms with Gasteiger partial charge in [0.25, 0.3) is 0 Å². The standard InChI is InChI=1S/C18H17N3O4/c1-11(22)21-18(13-6-5-7-14(19)10-13)25-17(20-21)15-8-3-4-9-16(15)24-12(2)23/h3-10,18H,19H2,1-2H3/t18-/m0/s1. The third-order valence-corrected chi connectivity index (χ3v) is 3.53. The molecule has 0 bridgehead atoms. The van der Waals surface area contributed by atoms with Gasteiger partial charge in [0.1, 0.15) is 5.75 Å².